The number of nitrogens with zero attached hydrogens (tertiary/aromatic N) is 1. The lowest BCUT2D eigenvalue weighted by Crippen LogP contribution is -2.31. The fraction of sp³-hybridized carbons (Fsp3) is 0.238. The normalized spacial score (nSPS) is 15.6. The van der Waals surface area contributed by atoms with Crippen LogP contribution < -0.4 is 15.4 Å². The van der Waals surface area contributed by atoms with E-state index < -0.39 is 11.6 Å². The lowest BCUT2D eigenvalue weighted by molar-refractivity contribution is 0.114. The van der Waals surface area contributed by atoms with Crippen LogP contribution in [0.15, 0.2) is 42.5 Å². The molecule has 1 aliphatic rings. The summed E-state index contributed by atoms with van der Waals surface area (Å²) in [6.45, 7) is 1.21. The van der Waals surface area contributed by atoms with Gasteiger partial charge in [-0.15, -0.1) is 0 Å². The largest absolute Gasteiger partial charge is 0.492 e. The van der Waals surface area contributed by atoms with Crippen molar-refractivity contribution in [2.24, 2.45) is 0 Å². The average Bonchev–Trinajstić information content (AvgIpc) is 3.37. The Labute approximate surface area is 181 Å². The van der Waals surface area contributed by atoms with Gasteiger partial charge in [0.15, 0.2) is 0 Å². The van der Waals surface area contributed by atoms with Crippen LogP contribution in [-0.2, 0) is 4.74 Å². The van der Waals surface area contributed by atoms with Gasteiger partial charge in [0.25, 0.3) is 0 Å². The summed E-state index contributed by atoms with van der Waals surface area (Å²) in [4.78, 5) is 0. The summed E-state index contributed by atoms with van der Waals surface area (Å²) in [7, 11) is 0. The van der Waals surface area contributed by atoms with Crippen LogP contribution in [0.25, 0.3) is 0 Å². The van der Waals surface area contributed by atoms with Crippen molar-refractivity contribution < 1.29 is 23.4 Å². The van der Waals surface area contributed by atoms with Crippen LogP contribution in [0.3, 0.4) is 0 Å². The van der Waals surface area contributed by atoms with E-state index in [1.54, 1.807) is 24.3 Å². The molecule has 2 heterocycles. The van der Waals surface area contributed by atoms with Crippen molar-refractivity contribution in [3.05, 3.63) is 59.7 Å². The molecule has 0 bridgehead atoms. The van der Waals surface area contributed by atoms with Gasteiger partial charge in [0.2, 0.25) is 5.88 Å². The summed E-state index contributed by atoms with van der Waals surface area (Å²) in [6.07, 6.45) is 2.01. The topological polar surface area (TPSA) is 99.5 Å². The number of rotatable bonds is 7. The van der Waals surface area contributed by atoms with E-state index in [9.17, 15) is 13.9 Å². The SMILES string of the molecule is N=C(NCC1CCCO1)c1c(O)nsc1Nc1ccc(Oc2cc(F)cc(F)c2)cc1. The molecule has 1 fully saturated rings. The Morgan fingerprint density at radius 3 is 2.61 bits per heavy atom. The van der Waals surface area contributed by atoms with Gasteiger partial charge in [-0.25, -0.2) is 8.78 Å². The first-order valence-corrected chi connectivity index (χ1v) is 10.4. The van der Waals surface area contributed by atoms with Crippen molar-refractivity contribution in [3.63, 3.8) is 0 Å². The highest BCUT2D eigenvalue weighted by Gasteiger charge is 2.21. The van der Waals surface area contributed by atoms with E-state index in [4.69, 9.17) is 14.9 Å². The molecular weight excluding hydrogens is 426 g/mol. The number of halogens is 2. The van der Waals surface area contributed by atoms with Crippen molar-refractivity contribution in [2.45, 2.75) is 18.9 Å². The Hall–Kier alpha value is -3.24. The van der Waals surface area contributed by atoms with E-state index in [1.165, 1.54) is 0 Å². The predicted molar refractivity (Wildman–Crippen MR) is 114 cm³/mol. The van der Waals surface area contributed by atoms with Crippen LogP contribution in [-0.4, -0.2) is 34.6 Å². The molecule has 1 aromatic heterocycles. The first-order chi connectivity index (χ1) is 15.0. The lowest BCUT2D eigenvalue weighted by atomic mass is 10.2. The number of hydrogen-bond donors (Lipinski definition) is 4. The maximum atomic E-state index is 13.3. The van der Waals surface area contributed by atoms with Gasteiger partial charge in [0, 0.05) is 37.0 Å². The predicted octanol–water partition coefficient (Wildman–Crippen LogP) is 4.76. The molecule has 1 unspecified atom stereocenters. The van der Waals surface area contributed by atoms with E-state index in [-0.39, 0.29) is 29.1 Å². The third kappa shape index (κ3) is 5.28. The minimum Gasteiger partial charge on any atom is -0.492 e. The maximum absolute atomic E-state index is 13.3. The second-order valence-electron chi connectivity index (χ2n) is 6.96. The minimum absolute atomic E-state index is 0.0531. The van der Waals surface area contributed by atoms with Crippen LogP contribution in [0, 0.1) is 17.0 Å². The number of ether oxygens (including phenoxy) is 2. The first-order valence-electron chi connectivity index (χ1n) is 9.62. The zero-order valence-electron chi connectivity index (χ0n) is 16.3. The van der Waals surface area contributed by atoms with Crippen molar-refractivity contribution in [1.29, 1.82) is 5.41 Å². The molecule has 0 spiro atoms. The summed E-state index contributed by atoms with van der Waals surface area (Å²) in [5, 5.41) is 25.0. The van der Waals surface area contributed by atoms with Gasteiger partial charge in [0.05, 0.1) is 6.10 Å². The van der Waals surface area contributed by atoms with Gasteiger partial charge in [-0.1, -0.05) is 0 Å². The Morgan fingerprint density at radius 1 is 1.19 bits per heavy atom. The molecule has 1 aliphatic heterocycles. The summed E-state index contributed by atoms with van der Waals surface area (Å²) >= 11 is 1.03. The highest BCUT2D eigenvalue weighted by atomic mass is 32.1. The third-order valence-electron chi connectivity index (χ3n) is 4.64. The Kier molecular flexibility index (Phi) is 6.28. The molecule has 1 saturated heterocycles. The van der Waals surface area contributed by atoms with E-state index in [0.717, 1.165) is 49.2 Å². The third-order valence-corrected chi connectivity index (χ3v) is 5.39. The smallest absolute Gasteiger partial charge is 0.236 e. The Morgan fingerprint density at radius 2 is 1.94 bits per heavy atom. The van der Waals surface area contributed by atoms with E-state index in [2.05, 4.69) is 15.0 Å². The van der Waals surface area contributed by atoms with Gasteiger partial charge in [0.1, 0.15) is 39.5 Å². The van der Waals surface area contributed by atoms with Crippen molar-refractivity contribution in [1.82, 2.24) is 9.69 Å². The molecule has 4 rings (SSSR count). The summed E-state index contributed by atoms with van der Waals surface area (Å²) in [5.41, 5.74) is 0.938. The molecule has 1 atom stereocenters. The zero-order chi connectivity index (χ0) is 21.8. The summed E-state index contributed by atoms with van der Waals surface area (Å²) in [6, 6.07) is 9.63. The van der Waals surface area contributed by atoms with E-state index >= 15 is 0 Å². The molecule has 0 radical (unpaired) electrons. The number of amidine groups is 1. The van der Waals surface area contributed by atoms with Crippen molar-refractivity contribution in [2.75, 3.05) is 18.5 Å². The van der Waals surface area contributed by atoms with Gasteiger partial charge < -0.3 is 25.2 Å². The van der Waals surface area contributed by atoms with Gasteiger partial charge in [-0.2, -0.15) is 4.37 Å². The molecular formula is C21H20F2N4O3S. The number of benzene rings is 2. The standard InChI is InChI=1S/C21H20F2N4O3S/c22-12-8-13(23)10-17(9-12)30-15-5-3-14(4-6-15)26-21-18(20(28)27-31-21)19(24)25-11-16-2-1-7-29-16/h3-6,8-10,16,26H,1-2,7,11H2,(H2,24,25)(H,27,28). The number of aromatic nitrogens is 1. The molecule has 10 heteroatoms. The van der Waals surface area contributed by atoms with Gasteiger partial charge in [-0.3, -0.25) is 5.41 Å². The monoisotopic (exact) mass is 446 g/mol. The number of anilines is 2. The van der Waals surface area contributed by atoms with Crippen LogP contribution in [0.4, 0.5) is 19.5 Å². The zero-order valence-corrected chi connectivity index (χ0v) is 17.1. The summed E-state index contributed by atoms with van der Waals surface area (Å²) < 4.78 is 41.5. The molecule has 4 N–H and O–H groups in total. The molecule has 0 aliphatic carbocycles. The Balaban J connectivity index is 1.41. The Bertz CT molecular complexity index is 1050. The summed E-state index contributed by atoms with van der Waals surface area (Å²) in [5.74, 6) is -1.17. The molecule has 0 saturated carbocycles. The maximum Gasteiger partial charge on any atom is 0.236 e. The van der Waals surface area contributed by atoms with Gasteiger partial charge >= 0.3 is 0 Å². The number of hydrogen-bond acceptors (Lipinski definition) is 7. The second-order valence-corrected chi connectivity index (χ2v) is 7.73. The molecule has 31 heavy (non-hydrogen) atoms. The molecule has 3 aromatic rings. The highest BCUT2D eigenvalue weighted by molar-refractivity contribution is 7.11. The second kappa shape index (κ2) is 9.27. The molecule has 2 aromatic carbocycles. The van der Waals surface area contributed by atoms with Crippen molar-refractivity contribution >= 4 is 28.1 Å². The van der Waals surface area contributed by atoms with Crippen LogP contribution in [0.1, 0.15) is 18.4 Å². The fourth-order valence-corrected chi connectivity index (χ4v) is 3.88. The van der Waals surface area contributed by atoms with Crippen LogP contribution in [0.2, 0.25) is 0 Å². The quantitative estimate of drug-likeness (QED) is 0.309. The van der Waals surface area contributed by atoms with Crippen LogP contribution >= 0.6 is 11.5 Å². The van der Waals surface area contributed by atoms with E-state index in [0.29, 0.717) is 23.0 Å². The fourth-order valence-electron chi connectivity index (χ4n) is 3.16. The minimum atomic E-state index is -0.721. The number of nitrogens with one attached hydrogen (secondary N) is 3. The molecule has 162 valence electrons. The average molecular weight is 446 g/mol. The first kappa shape index (κ1) is 21.0. The van der Waals surface area contributed by atoms with E-state index in [1.807, 2.05) is 0 Å². The van der Waals surface area contributed by atoms with Crippen LogP contribution in [0.5, 0.6) is 17.4 Å². The van der Waals surface area contributed by atoms with Crippen molar-refractivity contribution in [3.8, 4) is 17.4 Å². The lowest BCUT2D eigenvalue weighted by Gasteiger charge is -2.13. The number of aromatic hydroxyl groups is 1. The van der Waals surface area contributed by atoms with Gasteiger partial charge in [-0.05, 0) is 48.6 Å². The molecule has 7 nitrogen and oxygen atoms in total. The highest BCUT2D eigenvalue weighted by Crippen LogP contribution is 2.33. The molecule has 0 amide bonds.